The summed E-state index contributed by atoms with van der Waals surface area (Å²) in [5, 5.41) is 30.2. The smallest absolute Gasteiger partial charge is 0.240 e. The van der Waals surface area contributed by atoms with Gasteiger partial charge in [0.05, 0.1) is 46.7 Å². The van der Waals surface area contributed by atoms with Gasteiger partial charge >= 0.3 is 0 Å². The van der Waals surface area contributed by atoms with Crippen molar-refractivity contribution in [1.82, 2.24) is 15.5 Å². The van der Waals surface area contributed by atoms with Crippen LogP contribution in [-0.4, -0.2) is 16.8 Å². The fraction of sp³-hybridized carbons (Fsp3) is 0.278. The number of nitriles is 2. The molecule has 1 aromatic heterocycles. The van der Waals surface area contributed by atoms with Crippen LogP contribution in [0, 0.1) is 22.7 Å². The number of rotatable bonds is 3. The monoisotopic (exact) mass is 319 g/mol. The Hall–Kier alpha value is -3.25. The highest BCUT2D eigenvalue weighted by Gasteiger charge is 2.29. The third-order valence-electron chi connectivity index (χ3n) is 4.17. The van der Waals surface area contributed by atoms with Gasteiger partial charge in [0.1, 0.15) is 0 Å². The zero-order chi connectivity index (χ0) is 17.3. The molecule has 3 rings (SSSR count). The van der Waals surface area contributed by atoms with Gasteiger partial charge in [0.2, 0.25) is 5.88 Å². The van der Waals surface area contributed by atoms with E-state index in [9.17, 15) is 10.5 Å². The number of aromatic nitrogens is 2. The molecule has 0 radical (unpaired) electrons. The maximum absolute atomic E-state index is 9.58. The van der Waals surface area contributed by atoms with E-state index in [1.54, 1.807) is 0 Å². The van der Waals surface area contributed by atoms with Gasteiger partial charge in [-0.25, -0.2) is 0 Å². The van der Waals surface area contributed by atoms with Crippen molar-refractivity contribution in [3.05, 3.63) is 46.3 Å². The highest BCUT2D eigenvalue weighted by molar-refractivity contribution is 5.85. The molecule has 0 atom stereocenters. The van der Waals surface area contributed by atoms with Gasteiger partial charge in [-0.05, 0) is 38.5 Å². The minimum atomic E-state index is -0.380. The van der Waals surface area contributed by atoms with Gasteiger partial charge in [-0.3, -0.25) is 5.10 Å². The Labute approximate surface area is 140 Å². The van der Waals surface area contributed by atoms with Crippen LogP contribution in [0.4, 0.5) is 0 Å². The lowest BCUT2D eigenvalue weighted by atomic mass is 9.81. The summed E-state index contributed by atoms with van der Waals surface area (Å²) >= 11 is 0. The van der Waals surface area contributed by atoms with Gasteiger partial charge in [0, 0.05) is 11.4 Å². The molecule has 1 aliphatic heterocycles. The van der Waals surface area contributed by atoms with Gasteiger partial charge in [-0.2, -0.15) is 10.5 Å². The molecule has 2 heterocycles. The Morgan fingerprint density at radius 1 is 1.17 bits per heavy atom. The number of nitrogens with zero attached hydrogens (tertiary/aromatic N) is 3. The number of hydrogen-bond donors (Lipinski definition) is 2. The molecule has 0 saturated heterocycles. The maximum atomic E-state index is 9.58. The first-order valence-corrected chi connectivity index (χ1v) is 7.70. The summed E-state index contributed by atoms with van der Waals surface area (Å²) in [4.78, 5) is 0. The van der Waals surface area contributed by atoms with Crippen LogP contribution < -0.4 is 10.1 Å². The van der Waals surface area contributed by atoms with E-state index in [2.05, 4.69) is 27.7 Å². The fourth-order valence-electron chi connectivity index (χ4n) is 3.06. The van der Waals surface area contributed by atoms with Crippen molar-refractivity contribution in [1.29, 1.82) is 10.5 Å². The zero-order valence-corrected chi connectivity index (χ0v) is 13.8. The van der Waals surface area contributed by atoms with Crippen molar-refractivity contribution in [3.63, 3.8) is 0 Å². The molecule has 2 aromatic rings. The van der Waals surface area contributed by atoms with Crippen molar-refractivity contribution in [3.8, 4) is 18.0 Å². The average Bonchev–Trinajstić information content (AvgIpc) is 2.97. The molecule has 0 spiro atoms. The van der Waals surface area contributed by atoms with Gasteiger partial charge in [0.25, 0.3) is 0 Å². The number of dihydropyridines is 1. The van der Waals surface area contributed by atoms with Gasteiger partial charge in [-0.1, -0.05) is 6.07 Å². The standard InChI is InChI=1S/C18H17N5O/c1-4-24-18-13-7-12(5-6-16(13)22-23-18)17-14(8-19)10(2)21-11(3)15(17)9-20/h5-7,17,21H,4H2,1-3H3,(H,22,23). The number of H-pyrrole nitrogens is 1. The lowest BCUT2D eigenvalue weighted by molar-refractivity contribution is 0.330. The predicted molar refractivity (Wildman–Crippen MR) is 89.8 cm³/mol. The van der Waals surface area contributed by atoms with Crippen molar-refractivity contribution in [2.75, 3.05) is 6.61 Å². The summed E-state index contributed by atoms with van der Waals surface area (Å²) in [5.41, 5.74) is 4.39. The average molecular weight is 319 g/mol. The molecule has 6 heteroatoms. The third kappa shape index (κ3) is 2.39. The summed E-state index contributed by atoms with van der Waals surface area (Å²) in [5.74, 6) is 0.150. The van der Waals surface area contributed by atoms with E-state index >= 15 is 0 Å². The quantitative estimate of drug-likeness (QED) is 0.905. The first kappa shape index (κ1) is 15.6. The van der Waals surface area contributed by atoms with Crippen LogP contribution in [0.3, 0.4) is 0 Å². The van der Waals surface area contributed by atoms with Crippen molar-refractivity contribution >= 4 is 10.9 Å². The fourth-order valence-corrected chi connectivity index (χ4v) is 3.06. The summed E-state index contributed by atoms with van der Waals surface area (Å²) in [7, 11) is 0. The van der Waals surface area contributed by atoms with Crippen LogP contribution in [0.2, 0.25) is 0 Å². The van der Waals surface area contributed by atoms with E-state index in [0.29, 0.717) is 23.6 Å². The topological polar surface area (TPSA) is 97.5 Å². The summed E-state index contributed by atoms with van der Waals surface area (Å²) in [6, 6.07) is 10.2. The molecule has 1 aliphatic rings. The lowest BCUT2D eigenvalue weighted by Crippen LogP contribution is -2.23. The van der Waals surface area contributed by atoms with E-state index in [1.165, 1.54) is 0 Å². The van der Waals surface area contributed by atoms with E-state index in [1.807, 2.05) is 39.0 Å². The molecule has 120 valence electrons. The Morgan fingerprint density at radius 3 is 2.42 bits per heavy atom. The van der Waals surface area contributed by atoms with Crippen LogP contribution in [0.5, 0.6) is 5.88 Å². The van der Waals surface area contributed by atoms with Crippen molar-refractivity contribution in [2.24, 2.45) is 0 Å². The number of nitrogens with one attached hydrogen (secondary N) is 2. The van der Waals surface area contributed by atoms with Gasteiger partial charge in [0.15, 0.2) is 0 Å². The number of ether oxygens (including phenoxy) is 1. The highest BCUT2D eigenvalue weighted by atomic mass is 16.5. The number of hydrogen-bond acceptors (Lipinski definition) is 5. The van der Waals surface area contributed by atoms with Crippen LogP contribution in [0.25, 0.3) is 10.9 Å². The second-order valence-electron chi connectivity index (χ2n) is 5.63. The molecule has 1 aromatic carbocycles. The Morgan fingerprint density at radius 2 is 1.83 bits per heavy atom. The second kappa shape index (κ2) is 6.10. The number of benzene rings is 1. The molecule has 2 N–H and O–H groups in total. The third-order valence-corrected chi connectivity index (χ3v) is 4.17. The first-order chi connectivity index (χ1) is 11.6. The number of aromatic amines is 1. The van der Waals surface area contributed by atoms with Crippen LogP contribution in [0.1, 0.15) is 32.3 Å². The molecular formula is C18H17N5O. The largest absolute Gasteiger partial charge is 0.476 e. The van der Waals surface area contributed by atoms with Gasteiger partial charge in [-0.15, -0.1) is 5.10 Å². The minimum Gasteiger partial charge on any atom is -0.476 e. The SMILES string of the molecule is CCOc1n[nH]c2ccc(C3C(C#N)=C(C)NC(C)=C3C#N)cc12. The van der Waals surface area contributed by atoms with Crippen LogP contribution in [-0.2, 0) is 0 Å². The van der Waals surface area contributed by atoms with E-state index in [4.69, 9.17) is 4.74 Å². The normalized spacial score (nSPS) is 15.2. The maximum Gasteiger partial charge on any atom is 0.240 e. The lowest BCUT2D eigenvalue weighted by Gasteiger charge is -2.26. The zero-order valence-electron chi connectivity index (χ0n) is 13.8. The first-order valence-electron chi connectivity index (χ1n) is 7.70. The molecule has 0 unspecified atom stereocenters. The molecule has 0 aliphatic carbocycles. The molecule has 0 fully saturated rings. The Bertz CT molecular complexity index is 916. The number of fused-ring (bicyclic) bond motifs is 1. The summed E-state index contributed by atoms with van der Waals surface area (Å²) in [6.07, 6.45) is 0. The summed E-state index contributed by atoms with van der Waals surface area (Å²) < 4.78 is 5.54. The molecule has 0 saturated carbocycles. The molecule has 0 amide bonds. The van der Waals surface area contributed by atoms with Gasteiger partial charge < -0.3 is 10.1 Å². The highest BCUT2D eigenvalue weighted by Crippen LogP contribution is 2.38. The second-order valence-corrected chi connectivity index (χ2v) is 5.63. The predicted octanol–water partition coefficient (Wildman–Crippen LogP) is 3.24. The molecular weight excluding hydrogens is 302 g/mol. The Balaban J connectivity index is 2.20. The van der Waals surface area contributed by atoms with Crippen LogP contribution >= 0.6 is 0 Å². The van der Waals surface area contributed by atoms with E-state index < -0.39 is 0 Å². The van der Waals surface area contributed by atoms with Crippen molar-refractivity contribution in [2.45, 2.75) is 26.7 Å². The minimum absolute atomic E-state index is 0.380. The molecule has 6 nitrogen and oxygen atoms in total. The van der Waals surface area contributed by atoms with Crippen molar-refractivity contribution < 1.29 is 4.74 Å². The van der Waals surface area contributed by atoms with Crippen LogP contribution in [0.15, 0.2) is 40.7 Å². The summed E-state index contributed by atoms with van der Waals surface area (Å²) in [6.45, 7) is 6.12. The van der Waals surface area contributed by atoms with E-state index in [-0.39, 0.29) is 5.92 Å². The van der Waals surface area contributed by atoms with E-state index in [0.717, 1.165) is 27.9 Å². The Kier molecular flexibility index (Phi) is 3.97. The number of allylic oxidation sites excluding steroid dienone is 4. The molecule has 0 bridgehead atoms. The molecule has 24 heavy (non-hydrogen) atoms.